The van der Waals surface area contributed by atoms with Crippen LogP contribution in [-0.2, 0) is 17.9 Å². The topological polar surface area (TPSA) is 63.1 Å². The van der Waals surface area contributed by atoms with Crippen molar-refractivity contribution in [3.63, 3.8) is 0 Å². The van der Waals surface area contributed by atoms with Gasteiger partial charge in [-0.15, -0.1) is 11.3 Å². The third-order valence-electron chi connectivity index (χ3n) is 3.92. The Morgan fingerprint density at radius 3 is 3.23 bits per heavy atom. The molecule has 118 valence electrons. The first-order valence-corrected chi connectivity index (χ1v) is 8.51. The van der Waals surface area contributed by atoms with Crippen molar-refractivity contribution in [2.24, 2.45) is 5.92 Å². The normalized spacial score (nSPS) is 19.2. The number of nitrogens with zero attached hydrogens (tertiary/aromatic N) is 4. The van der Waals surface area contributed by atoms with Crippen molar-refractivity contribution >= 4 is 17.2 Å². The Labute approximate surface area is 134 Å². The van der Waals surface area contributed by atoms with Crippen molar-refractivity contribution < 1.29 is 4.79 Å². The van der Waals surface area contributed by atoms with Crippen molar-refractivity contribution in [3.8, 4) is 0 Å². The van der Waals surface area contributed by atoms with Gasteiger partial charge in [0, 0.05) is 18.0 Å². The Hall–Kier alpha value is -1.73. The minimum absolute atomic E-state index is 0.106. The highest BCUT2D eigenvalue weighted by Gasteiger charge is 2.22. The molecule has 0 radical (unpaired) electrons. The lowest BCUT2D eigenvalue weighted by molar-refractivity contribution is -0.122. The quantitative estimate of drug-likeness (QED) is 0.873. The van der Waals surface area contributed by atoms with Crippen molar-refractivity contribution in [1.29, 1.82) is 0 Å². The van der Waals surface area contributed by atoms with E-state index in [-0.39, 0.29) is 5.91 Å². The molecule has 0 aliphatic carbocycles. The van der Waals surface area contributed by atoms with Gasteiger partial charge in [-0.25, -0.2) is 4.98 Å². The Morgan fingerprint density at radius 2 is 2.45 bits per heavy atom. The fourth-order valence-electron chi connectivity index (χ4n) is 2.89. The van der Waals surface area contributed by atoms with Gasteiger partial charge in [0.2, 0.25) is 5.91 Å². The van der Waals surface area contributed by atoms with E-state index < -0.39 is 0 Å². The summed E-state index contributed by atoms with van der Waals surface area (Å²) in [6, 6.07) is 4.05. The van der Waals surface area contributed by atoms with Crippen molar-refractivity contribution in [2.75, 3.05) is 19.6 Å². The lowest BCUT2D eigenvalue weighted by Crippen LogP contribution is -2.43. The Kier molecular flexibility index (Phi) is 5.18. The number of carbonyl (C=O) groups is 1. The predicted octanol–water partition coefficient (Wildman–Crippen LogP) is 1.37. The number of carbonyl (C=O) groups excluding carboxylic acids is 1. The number of likely N-dealkylation sites (tertiary alicyclic amines) is 1. The van der Waals surface area contributed by atoms with Gasteiger partial charge in [0.25, 0.3) is 0 Å². The summed E-state index contributed by atoms with van der Waals surface area (Å²) in [7, 11) is 0. The van der Waals surface area contributed by atoms with Crippen molar-refractivity contribution in [1.82, 2.24) is 25.0 Å². The second-order valence-electron chi connectivity index (χ2n) is 5.72. The van der Waals surface area contributed by atoms with Crippen LogP contribution < -0.4 is 5.32 Å². The molecule has 2 aromatic heterocycles. The summed E-state index contributed by atoms with van der Waals surface area (Å²) >= 11 is 1.67. The van der Waals surface area contributed by atoms with E-state index in [0.717, 1.165) is 26.1 Å². The molecule has 0 spiro atoms. The number of piperidine rings is 1. The highest BCUT2D eigenvalue weighted by Crippen LogP contribution is 2.17. The van der Waals surface area contributed by atoms with E-state index in [2.05, 4.69) is 20.3 Å². The van der Waals surface area contributed by atoms with Gasteiger partial charge >= 0.3 is 0 Å². The molecule has 1 N–H and O–H groups in total. The first-order valence-electron chi connectivity index (χ1n) is 7.63. The molecule has 0 bridgehead atoms. The first kappa shape index (κ1) is 15.2. The lowest BCUT2D eigenvalue weighted by Gasteiger charge is -2.32. The monoisotopic (exact) mass is 319 g/mol. The molecule has 7 heteroatoms. The predicted molar refractivity (Wildman–Crippen MR) is 85.4 cm³/mol. The number of thiophene rings is 1. The molecule has 0 saturated carbocycles. The lowest BCUT2D eigenvalue weighted by atomic mass is 9.98. The van der Waals surface area contributed by atoms with Gasteiger partial charge in [0.05, 0.1) is 13.1 Å². The van der Waals surface area contributed by atoms with E-state index in [9.17, 15) is 4.79 Å². The number of aromatic nitrogens is 3. The van der Waals surface area contributed by atoms with E-state index in [1.807, 2.05) is 22.2 Å². The van der Waals surface area contributed by atoms with E-state index in [4.69, 9.17) is 0 Å². The molecule has 1 unspecified atom stereocenters. The molecule has 1 fully saturated rings. The highest BCUT2D eigenvalue weighted by atomic mass is 32.1. The molecular formula is C15H21N5OS. The van der Waals surface area contributed by atoms with Crippen molar-refractivity contribution in [2.45, 2.75) is 25.9 Å². The van der Waals surface area contributed by atoms with Crippen LogP contribution in [0, 0.1) is 5.92 Å². The van der Waals surface area contributed by atoms with E-state index in [1.54, 1.807) is 24.0 Å². The molecule has 6 nitrogen and oxygen atoms in total. The molecule has 0 aromatic carbocycles. The van der Waals surface area contributed by atoms with Crippen LogP contribution >= 0.6 is 11.3 Å². The van der Waals surface area contributed by atoms with Crippen LogP contribution in [0.4, 0.5) is 0 Å². The van der Waals surface area contributed by atoms with Gasteiger partial charge in [-0.1, -0.05) is 6.07 Å². The summed E-state index contributed by atoms with van der Waals surface area (Å²) in [5.41, 5.74) is 0. The summed E-state index contributed by atoms with van der Waals surface area (Å²) in [5.74, 6) is 0.648. The molecule has 3 rings (SSSR count). The number of amides is 1. The van der Waals surface area contributed by atoms with Crippen LogP contribution in [-0.4, -0.2) is 45.2 Å². The number of hydrogen-bond acceptors (Lipinski definition) is 5. The summed E-state index contributed by atoms with van der Waals surface area (Å²) in [6.45, 7) is 3.95. The van der Waals surface area contributed by atoms with Crippen LogP contribution in [0.5, 0.6) is 0 Å². The highest BCUT2D eigenvalue weighted by molar-refractivity contribution is 7.09. The van der Waals surface area contributed by atoms with E-state index in [0.29, 0.717) is 19.0 Å². The zero-order valence-corrected chi connectivity index (χ0v) is 13.3. The second-order valence-corrected chi connectivity index (χ2v) is 6.75. The molecule has 1 aliphatic heterocycles. The largest absolute Gasteiger partial charge is 0.350 e. The van der Waals surface area contributed by atoms with Gasteiger partial charge in [-0.2, -0.15) is 5.10 Å². The van der Waals surface area contributed by atoms with Gasteiger partial charge in [-0.05, 0) is 36.8 Å². The number of hydrogen-bond donors (Lipinski definition) is 1. The minimum Gasteiger partial charge on any atom is -0.350 e. The van der Waals surface area contributed by atoms with Crippen LogP contribution in [0.25, 0.3) is 0 Å². The van der Waals surface area contributed by atoms with Crippen LogP contribution in [0.2, 0.25) is 0 Å². The summed E-state index contributed by atoms with van der Waals surface area (Å²) in [4.78, 5) is 19.5. The summed E-state index contributed by atoms with van der Waals surface area (Å²) in [6.07, 6.45) is 5.65. The van der Waals surface area contributed by atoms with Gasteiger partial charge in [-0.3, -0.25) is 14.4 Å². The average Bonchev–Trinajstić information content (AvgIpc) is 3.19. The van der Waals surface area contributed by atoms with Gasteiger partial charge in [0.1, 0.15) is 12.7 Å². The Bertz CT molecular complexity index is 569. The molecule has 1 atom stereocenters. The minimum atomic E-state index is 0.106. The van der Waals surface area contributed by atoms with Gasteiger partial charge < -0.3 is 5.32 Å². The second kappa shape index (κ2) is 7.51. The van der Waals surface area contributed by atoms with Crippen molar-refractivity contribution in [3.05, 3.63) is 35.0 Å². The maximum Gasteiger partial charge on any atom is 0.234 e. The molecule has 22 heavy (non-hydrogen) atoms. The molecule has 1 saturated heterocycles. The van der Waals surface area contributed by atoms with Crippen LogP contribution in [0.1, 0.15) is 17.7 Å². The molecular weight excluding hydrogens is 298 g/mol. The SMILES string of the molecule is O=C(CN1CCCC(Cn2cncn2)C1)NCc1cccs1. The third-order valence-corrected chi connectivity index (χ3v) is 4.80. The first-order chi connectivity index (χ1) is 10.8. The Balaban J connectivity index is 1.42. The molecule has 1 aliphatic rings. The summed E-state index contributed by atoms with van der Waals surface area (Å²) in [5, 5.41) is 9.19. The molecule has 1 amide bonds. The average molecular weight is 319 g/mol. The van der Waals surface area contributed by atoms with E-state index in [1.165, 1.54) is 11.3 Å². The Morgan fingerprint density at radius 1 is 1.50 bits per heavy atom. The van der Waals surface area contributed by atoms with Crippen LogP contribution in [0.3, 0.4) is 0 Å². The third kappa shape index (κ3) is 4.38. The fourth-order valence-corrected chi connectivity index (χ4v) is 3.54. The zero-order valence-electron chi connectivity index (χ0n) is 12.5. The maximum atomic E-state index is 12.1. The molecule has 3 heterocycles. The zero-order chi connectivity index (χ0) is 15.2. The van der Waals surface area contributed by atoms with Gasteiger partial charge in [0.15, 0.2) is 0 Å². The maximum absolute atomic E-state index is 12.1. The standard InChI is InChI=1S/C15H21N5OS/c21-15(17-7-14-4-2-6-22-14)10-19-5-1-3-13(8-19)9-20-12-16-11-18-20/h2,4,6,11-13H,1,3,5,7-10H2,(H,17,21). The number of rotatable bonds is 6. The van der Waals surface area contributed by atoms with E-state index >= 15 is 0 Å². The number of nitrogens with one attached hydrogen (secondary N) is 1. The summed E-state index contributed by atoms with van der Waals surface area (Å²) < 4.78 is 1.88. The van der Waals surface area contributed by atoms with Crippen LogP contribution in [0.15, 0.2) is 30.2 Å². The molecule has 2 aromatic rings. The fraction of sp³-hybridized carbons (Fsp3) is 0.533. The smallest absolute Gasteiger partial charge is 0.234 e.